The molecular weight excluding hydrogens is 568 g/mol. The lowest BCUT2D eigenvalue weighted by Gasteiger charge is -2.25. The summed E-state index contributed by atoms with van der Waals surface area (Å²) in [6.07, 6.45) is 2.94. The lowest BCUT2D eigenvalue weighted by molar-refractivity contribution is -0.140. The van der Waals surface area contributed by atoms with Crippen LogP contribution in [0.2, 0.25) is 0 Å². The van der Waals surface area contributed by atoms with E-state index in [1.807, 2.05) is 12.1 Å². The Labute approximate surface area is 255 Å². The number of hydrogen-bond acceptors (Lipinski definition) is 10. The molecule has 3 atom stereocenters. The summed E-state index contributed by atoms with van der Waals surface area (Å²) in [6, 6.07) is 9.35. The maximum atomic E-state index is 13.1. The Bertz CT molecular complexity index is 1440. The Hall–Kier alpha value is -4.81. The van der Waals surface area contributed by atoms with Gasteiger partial charge < -0.3 is 35.3 Å². The number of methoxy groups -OCH3 is 2. The van der Waals surface area contributed by atoms with Crippen LogP contribution in [-0.2, 0) is 27.4 Å². The van der Waals surface area contributed by atoms with Crippen LogP contribution in [0.5, 0.6) is 11.5 Å². The number of amides is 2. The van der Waals surface area contributed by atoms with E-state index < -0.39 is 30.4 Å². The highest BCUT2D eigenvalue weighted by atomic mass is 16.5. The Morgan fingerprint density at radius 2 is 1.86 bits per heavy atom. The van der Waals surface area contributed by atoms with E-state index in [2.05, 4.69) is 26.4 Å². The molecule has 1 aliphatic heterocycles. The van der Waals surface area contributed by atoms with Crippen molar-refractivity contribution in [2.75, 3.05) is 32.6 Å². The number of nitrogens with zero attached hydrogens (tertiary/aromatic N) is 2. The van der Waals surface area contributed by atoms with Crippen LogP contribution >= 0.6 is 0 Å². The molecule has 2 aromatic rings. The Morgan fingerprint density at radius 3 is 2.57 bits per heavy atom. The summed E-state index contributed by atoms with van der Waals surface area (Å²) >= 11 is 0. The molecule has 44 heavy (non-hydrogen) atoms. The Kier molecular flexibility index (Phi) is 9.82. The van der Waals surface area contributed by atoms with Crippen LogP contribution in [0, 0.1) is 5.92 Å². The molecule has 5 rings (SSSR count). The molecule has 0 radical (unpaired) electrons. The fourth-order valence-electron chi connectivity index (χ4n) is 6.20. The van der Waals surface area contributed by atoms with Crippen molar-refractivity contribution in [1.82, 2.24) is 16.1 Å². The summed E-state index contributed by atoms with van der Waals surface area (Å²) in [7, 11) is 3.07. The van der Waals surface area contributed by atoms with Crippen LogP contribution in [0.15, 0.2) is 46.5 Å². The molecule has 2 amide bonds. The van der Waals surface area contributed by atoms with Gasteiger partial charge in [0, 0.05) is 23.7 Å². The summed E-state index contributed by atoms with van der Waals surface area (Å²) in [6.45, 7) is 1.48. The first-order valence-electron chi connectivity index (χ1n) is 14.8. The normalized spacial score (nSPS) is 20.2. The first kappa shape index (κ1) is 30.6. The molecule has 5 N–H and O–H groups in total. The van der Waals surface area contributed by atoms with Gasteiger partial charge in [-0.05, 0) is 48.8 Å². The van der Waals surface area contributed by atoms with Gasteiger partial charge in [0.2, 0.25) is 11.9 Å². The van der Waals surface area contributed by atoms with Crippen LogP contribution in [0.4, 0.5) is 10.5 Å². The van der Waals surface area contributed by atoms with Gasteiger partial charge >= 0.3 is 12.1 Å². The number of alkyl carbamates (subject to hydrolysis) is 1. The Balaban J connectivity index is 1.32. The van der Waals surface area contributed by atoms with Gasteiger partial charge in [0.1, 0.15) is 12.6 Å². The van der Waals surface area contributed by atoms with E-state index >= 15 is 0 Å². The molecule has 3 unspecified atom stereocenters. The van der Waals surface area contributed by atoms with E-state index in [9.17, 15) is 19.5 Å². The SMILES string of the molecule is COc1c(NC(=O)CC(NC(=O)OCc2ccccc2)C(=O)O)cc2c(c1OC)C1CCCC1/C(=N/NC1=NCCN1)CC2. The molecule has 0 saturated heterocycles. The summed E-state index contributed by atoms with van der Waals surface area (Å²) in [4.78, 5) is 41.7. The molecule has 0 spiro atoms. The zero-order chi connectivity index (χ0) is 31.1. The number of anilines is 1. The highest BCUT2D eigenvalue weighted by molar-refractivity contribution is 5.97. The summed E-state index contributed by atoms with van der Waals surface area (Å²) in [5.41, 5.74) is 7.33. The van der Waals surface area contributed by atoms with Gasteiger partial charge in [-0.3, -0.25) is 4.79 Å². The Morgan fingerprint density at radius 1 is 1.09 bits per heavy atom. The highest BCUT2D eigenvalue weighted by Crippen LogP contribution is 2.52. The molecule has 1 saturated carbocycles. The maximum Gasteiger partial charge on any atom is 0.408 e. The first-order valence-corrected chi connectivity index (χ1v) is 14.8. The van der Waals surface area contributed by atoms with Gasteiger partial charge in [0.15, 0.2) is 11.5 Å². The van der Waals surface area contributed by atoms with E-state index in [1.54, 1.807) is 31.4 Å². The summed E-state index contributed by atoms with van der Waals surface area (Å²) < 4.78 is 16.8. The number of fused-ring (bicyclic) bond motifs is 3. The van der Waals surface area contributed by atoms with Gasteiger partial charge in [-0.1, -0.05) is 36.8 Å². The van der Waals surface area contributed by atoms with Gasteiger partial charge in [-0.25, -0.2) is 20.0 Å². The monoisotopic (exact) mass is 606 g/mol. The van der Waals surface area contributed by atoms with Crippen molar-refractivity contribution in [2.24, 2.45) is 16.0 Å². The topological polar surface area (TPSA) is 172 Å². The van der Waals surface area contributed by atoms with Gasteiger partial charge in [-0.2, -0.15) is 5.10 Å². The van der Waals surface area contributed by atoms with Crippen molar-refractivity contribution >= 4 is 35.3 Å². The second-order valence-corrected chi connectivity index (χ2v) is 10.9. The average Bonchev–Trinajstić information content (AvgIpc) is 3.70. The lowest BCUT2D eigenvalue weighted by atomic mass is 9.85. The number of carboxylic acids is 1. The van der Waals surface area contributed by atoms with Crippen LogP contribution in [-0.4, -0.2) is 68.1 Å². The van der Waals surface area contributed by atoms with Gasteiger partial charge in [0.25, 0.3) is 0 Å². The number of carbonyl (C=O) groups excluding carboxylic acids is 2. The predicted octanol–water partition coefficient (Wildman–Crippen LogP) is 3.15. The molecule has 0 aromatic heterocycles. The molecule has 3 aliphatic rings. The smallest absolute Gasteiger partial charge is 0.408 e. The van der Waals surface area contributed by atoms with Crippen LogP contribution in [0.3, 0.4) is 0 Å². The number of benzene rings is 2. The third-order valence-electron chi connectivity index (χ3n) is 8.18. The first-order chi connectivity index (χ1) is 21.4. The number of carbonyl (C=O) groups is 3. The zero-order valence-electron chi connectivity index (χ0n) is 24.9. The van der Waals surface area contributed by atoms with Crippen LogP contribution in [0.1, 0.15) is 54.7 Å². The number of aryl methyl sites for hydroxylation is 1. The van der Waals surface area contributed by atoms with E-state index in [4.69, 9.17) is 19.3 Å². The largest absolute Gasteiger partial charge is 0.492 e. The van der Waals surface area contributed by atoms with Crippen LogP contribution in [0.25, 0.3) is 0 Å². The van der Waals surface area contributed by atoms with Crippen LogP contribution < -0.4 is 30.8 Å². The van der Waals surface area contributed by atoms with Crippen molar-refractivity contribution in [3.8, 4) is 11.5 Å². The number of aliphatic imine (C=N–C) groups is 1. The number of hydrogen-bond donors (Lipinski definition) is 5. The molecule has 0 bridgehead atoms. The molecule has 1 fully saturated rings. The second kappa shape index (κ2) is 14.1. The number of guanidine groups is 1. The van der Waals surface area contributed by atoms with E-state index in [0.717, 1.165) is 54.8 Å². The molecule has 2 aromatic carbocycles. The minimum Gasteiger partial charge on any atom is -0.492 e. The lowest BCUT2D eigenvalue weighted by Crippen LogP contribution is -2.43. The van der Waals surface area contributed by atoms with E-state index in [0.29, 0.717) is 36.0 Å². The standard InChI is InChI=1S/C31H38N6O7/c1-42-27-23(34-25(38)16-24(29(39)40)35-31(41)44-17-18-7-4-3-5-8-18)15-19-11-12-22(36-37-30-32-13-14-33-30)20-9-6-10-21(20)26(19)28(27)43-2/h3-5,7-8,15,20-21,24H,6,9-14,16-17H2,1-2H3,(H,34,38)(H,35,41)(H,39,40)(H2,32,33,37)/b36-22+. The summed E-state index contributed by atoms with van der Waals surface area (Å²) in [5, 5.41) is 22.7. The average molecular weight is 607 g/mol. The third-order valence-corrected chi connectivity index (χ3v) is 8.18. The summed E-state index contributed by atoms with van der Waals surface area (Å²) in [5.74, 6) is -0.00590. The number of ether oxygens (including phenoxy) is 3. The molecule has 13 heteroatoms. The second-order valence-electron chi connectivity index (χ2n) is 10.9. The zero-order valence-corrected chi connectivity index (χ0v) is 24.9. The molecule has 234 valence electrons. The molecule has 2 aliphatic carbocycles. The van der Waals surface area contributed by atoms with Crippen molar-refractivity contribution in [2.45, 2.75) is 57.1 Å². The molecule has 1 heterocycles. The maximum absolute atomic E-state index is 13.1. The highest BCUT2D eigenvalue weighted by Gasteiger charge is 2.39. The van der Waals surface area contributed by atoms with E-state index in [-0.39, 0.29) is 18.4 Å². The fourth-order valence-corrected chi connectivity index (χ4v) is 6.20. The third kappa shape index (κ3) is 7.04. The van der Waals surface area contributed by atoms with Crippen molar-refractivity contribution < 1.29 is 33.7 Å². The number of hydrazone groups is 1. The predicted molar refractivity (Wildman–Crippen MR) is 163 cm³/mol. The van der Waals surface area contributed by atoms with Crippen molar-refractivity contribution in [1.29, 1.82) is 0 Å². The molecular formula is C31H38N6O7. The van der Waals surface area contributed by atoms with Gasteiger partial charge in [0.05, 0.1) is 32.9 Å². The minimum atomic E-state index is -1.50. The minimum absolute atomic E-state index is 0.0344. The number of carboxylic acid groups (broad SMARTS) is 1. The number of aliphatic carboxylic acids is 1. The number of nitrogens with one attached hydrogen (secondary N) is 4. The quantitative estimate of drug-likeness (QED) is 0.255. The number of rotatable bonds is 10. The van der Waals surface area contributed by atoms with Crippen molar-refractivity contribution in [3.05, 3.63) is 53.1 Å². The van der Waals surface area contributed by atoms with Gasteiger partial charge in [-0.15, -0.1) is 0 Å². The van der Waals surface area contributed by atoms with E-state index in [1.165, 1.54) is 7.11 Å². The fraction of sp³-hybridized carbons (Fsp3) is 0.452. The van der Waals surface area contributed by atoms with Crippen molar-refractivity contribution in [3.63, 3.8) is 0 Å². The molecule has 13 nitrogen and oxygen atoms in total.